The fourth-order valence-corrected chi connectivity index (χ4v) is 4.00. The number of carbonyl (C=O) groups is 1. The number of carboxylic acid groups (broad SMARTS) is 1. The topological polar surface area (TPSA) is 100 Å². The average Bonchev–Trinajstić information content (AvgIpc) is 3.07. The fourth-order valence-electron chi connectivity index (χ4n) is 3.83. The highest BCUT2D eigenvalue weighted by molar-refractivity contribution is 6.30. The summed E-state index contributed by atoms with van der Waals surface area (Å²) in [7, 11) is 0. The van der Waals surface area contributed by atoms with Crippen LogP contribution in [0.4, 0.5) is 16.0 Å². The summed E-state index contributed by atoms with van der Waals surface area (Å²) in [4.78, 5) is 24.2. The zero-order valence-electron chi connectivity index (χ0n) is 14.5. The molecular weight excluding hydrogens is 373 g/mol. The zero-order valence-corrected chi connectivity index (χ0v) is 15.2. The Labute approximate surface area is 160 Å². The minimum atomic E-state index is -0.864. The molecule has 1 unspecified atom stereocenters. The highest BCUT2D eigenvalue weighted by Gasteiger charge is 2.32. The van der Waals surface area contributed by atoms with E-state index < -0.39 is 17.7 Å². The molecule has 9 heteroatoms. The third kappa shape index (κ3) is 3.53. The minimum Gasteiger partial charge on any atom is -0.481 e. The molecule has 27 heavy (non-hydrogen) atoms. The SMILES string of the molecule is O=C(O)[C@H]1CCCC[C@@H]1Nc1nc(C2CNc3ncc(Cl)cc32)ncc1F. The van der Waals surface area contributed by atoms with Gasteiger partial charge in [-0.05, 0) is 18.9 Å². The number of hydrogen-bond donors (Lipinski definition) is 3. The number of halogens is 2. The van der Waals surface area contributed by atoms with E-state index in [0.29, 0.717) is 36.1 Å². The van der Waals surface area contributed by atoms with Gasteiger partial charge in [-0.2, -0.15) is 0 Å². The van der Waals surface area contributed by atoms with E-state index in [0.717, 1.165) is 24.6 Å². The van der Waals surface area contributed by atoms with Crippen molar-refractivity contribution < 1.29 is 14.3 Å². The molecule has 3 heterocycles. The molecule has 1 aliphatic carbocycles. The number of aromatic nitrogens is 3. The highest BCUT2D eigenvalue weighted by atomic mass is 35.5. The summed E-state index contributed by atoms with van der Waals surface area (Å²) in [5.74, 6) is -1.01. The van der Waals surface area contributed by atoms with E-state index in [1.165, 1.54) is 0 Å². The first-order valence-corrected chi connectivity index (χ1v) is 9.32. The highest BCUT2D eigenvalue weighted by Crippen LogP contribution is 2.35. The molecule has 4 rings (SSSR count). The Hall–Kier alpha value is -2.48. The second-order valence-corrected chi connectivity index (χ2v) is 7.37. The van der Waals surface area contributed by atoms with Crippen LogP contribution in [0.25, 0.3) is 0 Å². The Bertz CT molecular complexity index is 881. The lowest BCUT2D eigenvalue weighted by atomic mass is 9.84. The van der Waals surface area contributed by atoms with E-state index in [4.69, 9.17) is 11.6 Å². The third-order valence-electron chi connectivity index (χ3n) is 5.21. The number of hydrogen-bond acceptors (Lipinski definition) is 6. The van der Waals surface area contributed by atoms with Gasteiger partial charge < -0.3 is 15.7 Å². The van der Waals surface area contributed by atoms with Crippen molar-refractivity contribution in [2.75, 3.05) is 17.2 Å². The summed E-state index contributed by atoms with van der Waals surface area (Å²) in [6.45, 7) is 0.537. The lowest BCUT2D eigenvalue weighted by Crippen LogP contribution is -2.37. The first-order valence-electron chi connectivity index (χ1n) is 8.94. The van der Waals surface area contributed by atoms with Crippen molar-refractivity contribution in [3.8, 4) is 0 Å². The van der Waals surface area contributed by atoms with Gasteiger partial charge in [0.2, 0.25) is 0 Å². The van der Waals surface area contributed by atoms with E-state index in [1.807, 2.05) is 0 Å². The van der Waals surface area contributed by atoms with Crippen LogP contribution < -0.4 is 10.6 Å². The number of pyridine rings is 1. The van der Waals surface area contributed by atoms with E-state index in [9.17, 15) is 14.3 Å². The molecule has 0 amide bonds. The number of carboxylic acids is 1. The average molecular weight is 392 g/mol. The van der Waals surface area contributed by atoms with E-state index in [-0.39, 0.29) is 17.8 Å². The minimum absolute atomic E-state index is 0.0431. The van der Waals surface area contributed by atoms with Crippen LogP contribution in [-0.2, 0) is 4.79 Å². The lowest BCUT2D eigenvalue weighted by molar-refractivity contribution is -0.143. The Kier molecular flexibility index (Phi) is 4.82. The van der Waals surface area contributed by atoms with Crippen LogP contribution in [0.15, 0.2) is 18.5 Å². The number of nitrogens with one attached hydrogen (secondary N) is 2. The molecular formula is C18H19ClFN5O2. The summed E-state index contributed by atoms with van der Waals surface area (Å²) in [6.07, 6.45) is 5.71. The molecule has 0 radical (unpaired) electrons. The molecule has 0 saturated heterocycles. The lowest BCUT2D eigenvalue weighted by Gasteiger charge is -2.29. The predicted octanol–water partition coefficient (Wildman–Crippen LogP) is 3.28. The van der Waals surface area contributed by atoms with Gasteiger partial charge in [0, 0.05) is 24.3 Å². The molecule has 3 N–H and O–H groups in total. The summed E-state index contributed by atoms with van der Waals surface area (Å²) in [6, 6.07) is 1.45. The largest absolute Gasteiger partial charge is 0.481 e. The molecule has 1 aliphatic heterocycles. The van der Waals surface area contributed by atoms with Crippen molar-refractivity contribution in [2.24, 2.45) is 5.92 Å². The Balaban J connectivity index is 1.61. The second-order valence-electron chi connectivity index (χ2n) is 6.93. The first kappa shape index (κ1) is 17.9. The molecule has 142 valence electrons. The van der Waals surface area contributed by atoms with Gasteiger partial charge in [-0.25, -0.2) is 19.3 Å². The number of anilines is 2. The molecule has 2 aromatic rings. The van der Waals surface area contributed by atoms with Crippen LogP contribution in [0.2, 0.25) is 5.02 Å². The van der Waals surface area contributed by atoms with E-state index in [2.05, 4.69) is 25.6 Å². The van der Waals surface area contributed by atoms with Gasteiger partial charge in [0.15, 0.2) is 11.6 Å². The third-order valence-corrected chi connectivity index (χ3v) is 5.42. The van der Waals surface area contributed by atoms with Gasteiger partial charge >= 0.3 is 5.97 Å². The Morgan fingerprint density at radius 1 is 1.30 bits per heavy atom. The number of aliphatic carboxylic acids is 1. The van der Waals surface area contributed by atoms with E-state index in [1.54, 1.807) is 12.3 Å². The molecule has 0 aromatic carbocycles. The molecule has 1 fully saturated rings. The molecule has 0 bridgehead atoms. The zero-order chi connectivity index (χ0) is 19.0. The van der Waals surface area contributed by atoms with Gasteiger partial charge in [0.25, 0.3) is 0 Å². The monoisotopic (exact) mass is 391 g/mol. The van der Waals surface area contributed by atoms with Crippen LogP contribution in [-0.4, -0.2) is 38.6 Å². The van der Waals surface area contributed by atoms with Crippen LogP contribution in [0, 0.1) is 11.7 Å². The summed E-state index contributed by atoms with van der Waals surface area (Å²) >= 11 is 6.05. The number of rotatable bonds is 4. The molecule has 0 spiro atoms. The van der Waals surface area contributed by atoms with E-state index >= 15 is 0 Å². The van der Waals surface area contributed by atoms with Crippen molar-refractivity contribution in [1.29, 1.82) is 0 Å². The maximum absolute atomic E-state index is 14.3. The van der Waals surface area contributed by atoms with Crippen LogP contribution in [0.3, 0.4) is 0 Å². The van der Waals surface area contributed by atoms with Crippen molar-refractivity contribution in [2.45, 2.75) is 37.6 Å². The van der Waals surface area contributed by atoms with Crippen molar-refractivity contribution >= 4 is 29.2 Å². The van der Waals surface area contributed by atoms with Gasteiger partial charge in [-0.15, -0.1) is 0 Å². The standard InChI is InChI=1S/C18H19ClFN5O2/c19-9-5-11-12(7-22-15(11)21-6-9)16-23-8-13(20)17(25-16)24-14-4-2-1-3-10(14)18(26)27/h5-6,8,10,12,14H,1-4,7H2,(H,21,22)(H,26,27)(H,23,24,25)/t10-,12?,14-/m0/s1. The van der Waals surface area contributed by atoms with Gasteiger partial charge in [-0.3, -0.25) is 4.79 Å². The molecule has 3 atom stereocenters. The normalized spacial score (nSPS) is 24.1. The number of nitrogens with zero attached hydrogens (tertiary/aromatic N) is 3. The van der Waals surface area contributed by atoms with Crippen LogP contribution >= 0.6 is 11.6 Å². The Morgan fingerprint density at radius 3 is 2.93 bits per heavy atom. The molecule has 7 nitrogen and oxygen atoms in total. The van der Waals surface area contributed by atoms with Crippen LogP contribution in [0.5, 0.6) is 0 Å². The summed E-state index contributed by atoms with van der Waals surface area (Å²) in [5, 5.41) is 16.1. The number of fused-ring (bicyclic) bond motifs is 1. The van der Waals surface area contributed by atoms with Crippen LogP contribution in [0.1, 0.15) is 43.0 Å². The van der Waals surface area contributed by atoms with Gasteiger partial charge in [0.05, 0.1) is 23.1 Å². The van der Waals surface area contributed by atoms with Crippen molar-refractivity contribution in [3.63, 3.8) is 0 Å². The first-order chi connectivity index (χ1) is 13.0. The maximum atomic E-state index is 14.3. The quantitative estimate of drug-likeness (QED) is 0.735. The molecule has 2 aromatic heterocycles. The smallest absolute Gasteiger partial charge is 0.308 e. The molecule has 1 saturated carbocycles. The summed E-state index contributed by atoms with van der Waals surface area (Å²) in [5.41, 5.74) is 0.862. The Morgan fingerprint density at radius 2 is 2.11 bits per heavy atom. The maximum Gasteiger partial charge on any atom is 0.308 e. The van der Waals surface area contributed by atoms with Gasteiger partial charge in [-0.1, -0.05) is 24.4 Å². The van der Waals surface area contributed by atoms with Crippen molar-refractivity contribution in [1.82, 2.24) is 15.0 Å². The van der Waals surface area contributed by atoms with Gasteiger partial charge in [0.1, 0.15) is 11.6 Å². The van der Waals surface area contributed by atoms with Crippen molar-refractivity contribution in [3.05, 3.63) is 40.7 Å². The fraction of sp³-hybridized carbons (Fsp3) is 0.444. The molecule has 2 aliphatic rings. The second kappa shape index (κ2) is 7.26. The summed E-state index contributed by atoms with van der Waals surface area (Å²) < 4.78 is 14.3. The predicted molar refractivity (Wildman–Crippen MR) is 98.6 cm³/mol.